The van der Waals surface area contributed by atoms with Crippen LogP contribution in [0.2, 0.25) is 0 Å². The van der Waals surface area contributed by atoms with Crippen LogP contribution in [0, 0.1) is 0 Å². The molecule has 0 saturated carbocycles. The second-order valence-corrected chi connectivity index (χ2v) is 8.94. The Kier molecular flexibility index (Phi) is 6.29. The first-order valence-corrected chi connectivity index (χ1v) is 10.7. The molecule has 8 heteroatoms. The fourth-order valence-electron chi connectivity index (χ4n) is 3.64. The van der Waals surface area contributed by atoms with E-state index in [4.69, 9.17) is 4.74 Å². The number of ether oxygens (including phenoxy) is 1. The number of hydrogen-bond donors (Lipinski definition) is 2. The molecule has 7 nitrogen and oxygen atoms in total. The number of hydrogen-bond acceptors (Lipinski definition) is 5. The largest absolute Gasteiger partial charge is 0.385 e. The van der Waals surface area contributed by atoms with E-state index >= 15 is 0 Å². The molecule has 0 radical (unpaired) electrons. The molecule has 3 rings (SSSR count). The molecule has 0 unspecified atom stereocenters. The number of rotatable bonds is 8. The fourth-order valence-corrected chi connectivity index (χ4v) is 5.15. The topological polar surface area (TPSA) is 87.3 Å². The number of H-pyrrole nitrogens is 1. The molecule has 1 saturated heterocycles. The molecule has 26 heavy (non-hydrogen) atoms. The highest BCUT2D eigenvalue weighted by Gasteiger charge is 2.29. The summed E-state index contributed by atoms with van der Waals surface area (Å²) in [5.74, 6) is 0.474. The highest BCUT2D eigenvalue weighted by molar-refractivity contribution is 7.89. The van der Waals surface area contributed by atoms with Gasteiger partial charge >= 0.3 is 0 Å². The van der Waals surface area contributed by atoms with Gasteiger partial charge in [-0.15, -0.1) is 0 Å². The standard InChI is InChI=1S/C18H28N4O3S/c1-19-13-14-4-5-17-16(12-14)18(21-20-17)15-6-8-22(9-7-15)26(23,24)11-3-10-25-2/h4-5,12,15,19H,3,6-11,13H2,1-2H3,(H,20,21). The van der Waals surface area contributed by atoms with Gasteiger partial charge in [-0.1, -0.05) is 6.07 Å². The maximum Gasteiger partial charge on any atom is 0.214 e. The molecule has 0 spiro atoms. The summed E-state index contributed by atoms with van der Waals surface area (Å²) in [4.78, 5) is 0. The van der Waals surface area contributed by atoms with Crippen LogP contribution in [0.3, 0.4) is 0 Å². The third-order valence-corrected chi connectivity index (χ3v) is 6.99. The number of aromatic nitrogens is 2. The van der Waals surface area contributed by atoms with E-state index in [1.807, 2.05) is 13.1 Å². The molecule has 0 aliphatic carbocycles. The lowest BCUT2D eigenvalue weighted by atomic mass is 9.92. The lowest BCUT2D eigenvalue weighted by Gasteiger charge is -2.30. The molecule has 0 bridgehead atoms. The van der Waals surface area contributed by atoms with Crippen molar-refractivity contribution in [1.29, 1.82) is 0 Å². The third-order valence-electron chi connectivity index (χ3n) is 5.04. The predicted molar refractivity (Wildman–Crippen MR) is 103 cm³/mol. The summed E-state index contributed by atoms with van der Waals surface area (Å²) in [5.41, 5.74) is 3.32. The Morgan fingerprint density at radius 1 is 1.35 bits per heavy atom. The second-order valence-electron chi connectivity index (χ2n) is 6.85. The van der Waals surface area contributed by atoms with Gasteiger partial charge < -0.3 is 10.1 Å². The molecule has 2 aromatic rings. The Morgan fingerprint density at radius 3 is 2.81 bits per heavy atom. The average Bonchev–Trinajstić information content (AvgIpc) is 3.05. The highest BCUT2D eigenvalue weighted by Crippen LogP contribution is 2.32. The fraction of sp³-hybridized carbons (Fsp3) is 0.611. The molecule has 0 atom stereocenters. The Labute approximate surface area is 155 Å². The van der Waals surface area contributed by atoms with E-state index in [0.29, 0.717) is 32.0 Å². The maximum atomic E-state index is 12.4. The van der Waals surface area contributed by atoms with Gasteiger partial charge in [-0.3, -0.25) is 5.10 Å². The summed E-state index contributed by atoms with van der Waals surface area (Å²) in [6.07, 6.45) is 2.17. The van der Waals surface area contributed by atoms with Crippen molar-refractivity contribution in [2.24, 2.45) is 0 Å². The van der Waals surface area contributed by atoms with Crippen molar-refractivity contribution in [3.63, 3.8) is 0 Å². The first-order valence-electron chi connectivity index (χ1n) is 9.13. The quantitative estimate of drug-likeness (QED) is 0.682. The van der Waals surface area contributed by atoms with E-state index in [-0.39, 0.29) is 5.75 Å². The SMILES string of the molecule is CNCc1ccc2n[nH]c(C3CCN(S(=O)(=O)CCCOC)CC3)c2c1. The normalized spacial score (nSPS) is 17.2. The van der Waals surface area contributed by atoms with Crippen LogP contribution in [0.4, 0.5) is 0 Å². The average molecular weight is 381 g/mol. The molecule has 1 aromatic heterocycles. The molecule has 1 aliphatic rings. The minimum atomic E-state index is -3.19. The lowest BCUT2D eigenvalue weighted by Crippen LogP contribution is -2.39. The van der Waals surface area contributed by atoms with Gasteiger partial charge in [0.1, 0.15) is 0 Å². The van der Waals surface area contributed by atoms with Crippen LogP contribution in [0.15, 0.2) is 18.2 Å². The first-order chi connectivity index (χ1) is 12.5. The van der Waals surface area contributed by atoms with Gasteiger partial charge in [0.05, 0.1) is 11.3 Å². The van der Waals surface area contributed by atoms with E-state index in [2.05, 4.69) is 27.6 Å². The van der Waals surface area contributed by atoms with Crippen molar-refractivity contribution in [2.45, 2.75) is 31.7 Å². The smallest absolute Gasteiger partial charge is 0.214 e. The molecule has 0 amide bonds. The van der Waals surface area contributed by atoms with Gasteiger partial charge in [0.15, 0.2) is 0 Å². The molecule has 2 N–H and O–H groups in total. The van der Waals surface area contributed by atoms with Crippen molar-refractivity contribution in [1.82, 2.24) is 19.8 Å². The number of fused-ring (bicyclic) bond motifs is 1. The number of sulfonamides is 1. The van der Waals surface area contributed by atoms with Crippen molar-refractivity contribution in [3.05, 3.63) is 29.5 Å². The highest BCUT2D eigenvalue weighted by atomic mass is 32.2. The molecule has 2 heterocycles. The van der Waals surface area contributed by atoms with Crippen LogP contribution in [-0.2, 0) is 21.3 Å². The van der Waals surface area contributed by atoms with Crippen LogP contribution in [0.5, 0.6) is 0 Å². The van der Waals surface area contributed by atoms with Gasteiger partial charge in [-0.2, -0.15) is 5.10 Å². The summed E-state index contributed by atoms with van der Waals surface area (Å²) in [5, 5.41) is 11.9. The minimum Gasteiger partial charge on any atom is -0.385 e. The van der Waals surface area contributed by atoms with E-state index in [1.165, 1.54) is 5.56 Å². The zero-order valence-electron chi connectivity index (χ0n) is 15.5. The predicted octanol–water partition coefficient (Wildman–Crippen LogP) is 1.83. The number of nitrogens with zero attached hydrogens (tertiary/aromatic N) is 2. The summed E-state index contributed by atoms with van der Waals surface area (Å²) >= 11 is 0. The zero-order valence-corrected chi connectivity index (χ0v) is 16.3. The van der Waals surface area contributed by atoms with Crippen LogP contribution in [0.25, 0.3) is 10.9 Å². The maximum absolute atomic E-state index is 12.4. The number of piperidine rings is 1. The van der Waals surface area contributed by atoms with Crippen LogP contribution < -0.4 is 5.32 Å². The van der Waals surface area contributed by atoms with E-state index in [1.54, 1.807) is 11.4 Å². The van der Waals surface area contributed by atoms with Crippen molar-refractivity contribution < 1.29 is 13.2 Å². The van der Waals surface area contributed by atoms with Crippen LogP contribution >= 0.6 is 0 Å². The molecule has 1 fully saturated rings. The lowest BCUT2D eigenvalue weighted by molar-refractivity contribution is 0.199. The summed E-state index contributed by atoms with van der Waals surface area (Å²) in [6.45, 7) is 2.43. The van der Waals surface area contributed by atoms with Crippen molar-refractivity contribution in [3.8, 4) is 0 Å². The van der Waals surface area contributed by atoms with Gasteiger partial charge in [0, 0.05) is 50.3 Å². The molecular formula is C18H28N4O3S. The second kappa shape index (κ2) is 8.47. The van der Waals surface area contributed by atoms with Gasteiger partial charge in [-0.25, -0.2) is 12.7 Å². The van der Waals surface area contributed by atoms with Gasteiger partial charge in [0.2, 0.25) is 10.0 Å². The Bertz CT molecular complexity index is 826. The molecule has 1 aliphatic heterocycles. The number of benzene rings is 1. The van der Waals surface area contributed by atoms with Gasteiger partial charge in [-0.05, 0) is 44.0 Å². The van der Waals surface area contributed by atoms with Gasteiger partial charge in [0.25, 0.3) is 0 Å². The minimum absolute atomic E-state index is 0.159. The summed E-state index contributed by atoms with van der Waals surface area (Å²) in [7, 11) is 0.341. The summed E-state index contributed by atoms with van der Waals surface area (Å²) in [6, 6.07) is 6.30. The first kappa shape index (κ1) is 19.3. The molecular weight excluding hydrogens is 352 g/mol. The van der Waals surface area contributed by atoms with E-state index in [0.717, 1.165) is 36.0 Å². The third kappa shape index (κ3) is 4.25. The van der Waals surface area contributed by atoms with E-state index in [9.17, 15) is 8.42 Å². The van der Waals surface area contributed by atoms with Crippen LogP contribution in [0.1, 0.15) is 36.4 Å². The van der Waals surface area contributed by atoms with Crippen LogP contribution in [-0.4, -0.2) is 62.5 Å². The number of nitrogens with one attached hydrogen (secondary N) is 2. The van der Waals surface area contributed by atoms with E-state index < -0.39 is 10.0 Å². The Hall–Kier alpha value is -1.48. The Morgan fingerprint density at radius 2 is 2.12 bits per heavy atom. The Balaban J connectivity index is 1.68. The van der Waals surface area contributed by atoms with Crippen molar-refractivity contribution in [2.75, 3.05) is 39.6 Å². The zero-order chi connectivity index (χ0) is 18.6. The molecule has 1 aromatic carbocycles. The monoisotopic (exact) mass is 380 g/mol. The summed E-state index contributed by atoms with van der Waals surface area (Å²) < 4.78 is 31.4. The number of methoxy groups -OCH3 is 1. The molecule has 144 valence electrons. The number of aromatic amines is 1. The van der Waals surface area contributed by atoms with Crippen molar-refractivity contribution >= 4 is 20.9 Å².